The van der Waals surface area contributed by atoms with Crippen molar-refractivity contribution in [1.29, 1.82) is 0 Å². The summed E-state index contributed by atoms with van der Waals surface area (Å²) in [5.41, 5.74) is 5.72. The summed E-state index contributed by atoms with van der Waals surface area (Å²) in [5.74, 6) is 0.853. The van der Waals surface area contributed by atoms with Crippen molar-refractivity contribution in [3.63, 3.8) is 0 Å². The lowest BCUT2D eigenvalue weighted by molar-refractivity contribution is -0.136. The summed E-state index contributed by atoms with van der Waals surface area (Å²) in [6, 6.07) is 9.70. The van der Waals surface area contributed by atoms with E-state index in [0.29, 0.717) is 35.1 Å². The van der Waals surface area contributed by atoms with Crippen molar-refractivity contribution in [2.24, 2.45) is 5.10 Å². The molecular formula is C29H39N5O7. The summed E-state index contributed by atoms with van der Waals surface area (Å²) >= 11 is 0. The lowest BCUT2D eigenvalue weighted by Gasteiger charge is -2.28. The van der Waals surface area contributed by atoms with Crippen molar-refractivity contribution < 1.29 is 33.6 Å². The molecule has 41 heavy (non-hydrogen) atoms. The highest BCUT2D eigenvalue weighted by Gasteiger charge is 2.32. The van der Waals surface area contributed by atoms with Gasteiger partial charge in [-0.2, -0.15) is 5.10 Å². The number of urea groups is 1. The van der Waals surface area contributed by atoms with Gasteiger partial charge in [0, 0.05) is 36.1 Å². The number of ether oxygens (including phenoxy) is 4. The van der Waals surface area contributed by atoms with E-state index in [-0.39, 0.29) is 12.2 Å². The van der Waals surface area contributed by atoms with Gasteiger partial charge < -0.3 is 39.6 Å². The van der Waals surface area contributed by atoms with Gasteiger partial charge in [0.05, 0.1) is 38.7 Å². The monoisotopic (exact) mass is 569 g/mol. The Balaban J connectivity index is 1.69. The Morgan fingerprint density at radius 1 is 1.10 bits per heavy atom. The summed E-state index contributed by atoms with van der Waals surface area (Å²) in [4.78, 5) is 26.8. The third-order valence-electron chi connectivity index (χ3n) is 6.44. The van der Waals surface area contributed by atoms with Gasteiger partial charge in [0.25, 0.3) is 0 Å². The van der Waals surface area contributed by atoms with Crippen LogP contribution in [-0.4, -0.2) is 70.1 Å². The van der Waals surface area contributed by atoms with E-state index in [2.05, 4.69) is 39.9 Å². The number of allylic oxidation sites excluding steroid dienone is 1. The molecule has 2 aromatic carbocycles. The molecule has 0 bridgehead atoms. The molecule has 0 unspecified atom stereocenters. The van der Waals surface area contributed by atoms with E-state index in [1.54, 1.807) is 38.4 Å². The molecule has 3 rings (SSSR count). The zero-order valence-corrected chi connectivity index (χ0v) is 24.3. The molecule has 12 nitrogen and oxygen atoms in total. The fourth-order valence-corrected chi connectivity index (χ4v) is 4.41. The van der Waals surface area contributed by atoms with Crippen molar-refractivity contribution in [2.75, 3.05) is 45.4 Å². The number of hydrogen-bond donors (Lipinski definition) is 4. The minimum Gasteiger partial charge on any atom is -0.496 e. The Bertz CT molecular complexity index is 1280. The molecule has 0 aromatic heterocycles. The highest BCUT2D eigenvalue weighted by Crippen LogP contribution is 2.35. The number of aliphatic hydroxyl groups excluding tert-OH is 1. The van der Waals surface area contributed by atoms with Gasteiger partial charge in [-0.15, -0.1) is 0 Å². The van der Waals surface area contributed by atoms with E-state index in [1.807, 2.05) is 25.1 Å². The first kappa shape index (κ1) is 31.1. The van der Waals surface area contributed by atoms with Gasteiger partial charge >= 0.3 is 12.0 Å². The molecule has 2 amide bonds. The predicted molar refractivity (Wildman–Crippen MR) is 156 cm³/mol. The SMILES string of the molecule is CCOc1cc([C@@H]2NC(=O)NC(C)=C2C(=O)OC)ccc1OC[C@@H](O)N/N=C\c1ccc(N(CC)CC)cc1OC. The quantitative estimate of drug-likeness (QED) is 0.117. The van der Waals surface area contributed by atoms with Gasteiger partial charge in [0.1, 0.15) is 12.4 Å². The number of esters is 1. The molecule has 0 fully saturated rings. The number of methoxy groups -OCH3 is 2. The van der Waals surface area contributed by atoms with Crippen LogP contribution < -0.4 is 35.2 Å². The molecule has 0 spiro atoms. The topological polar surface area (TPSA) is 143 Å². The van der Waals surface area contributed by atoms with Gasteiger partial charge in [-0.1, -0.05) is 6.07 Å². The summed E-state index contributed by atoms with van der Waals surface area (Å²) in [5, 5.41) is 19.9. The Morgan fingerprint density at radius 3 is 2.51 bits per heavy atom. The van der Waals surface area contributed by atoms with Crippen LogP contribution in [-0.2, 0) is 9.53 Å². The number of amides is 2. The molecule has 0 radical (unpaired) electrons. The molecule has 0 aliphatic carbocycles. The van der Waals surface area contributed by atoms with Gasteiger partial charge in [0.15, 0.2) is 17.7 Å². The fraction of sp³-hybridized carbons (Fsp3) is 0.414. The van der Waals surface area contributed by atoms with Crippen LogP contribution in [0.3, 0.4) is 0 Å². The number of hydrogen-bond acceptors (Lipinski definition) is 10. The van der Waals surface area contributed by atoms with Gasteiger partial charge in [-0.05, 0) is 57.5 Å². The Morgan fingerprint density at radius 2 is 1.85 bits per heavy atom. The molecule has 222 valence electrons. The highest BCUT2D eigenvalue weighted by atomic mass is 16.5. The van der Waals surface area contributed by atoms with Crippen LogP contribution >= 0.6 is 0 Å². The van der Waals surface area contributed by atoms with E-state index >= 15 is 0 Å². The van der Waals surface area contributed by atoms with Crippen LogP contribution in [0, 0.1) is 0 Å². The van der Waals surface area contributed by atoms with E-state index in [9.17, 15) is 14.7 Å². The molecule has 2 aromatic rings. The molecule has 1 aliphatic heterocycles. The average molecular weight is 570 g/mol. The highest BCUT2D eigenvalue weighted by molar-refractivity contribution is 5.95. The van der Waals surface area contributed by atoms with Crippen molar-refractivity contribution >= 4 is 23.9 Å². The number of nitrogens with zero attached hydrogens (tertiary/aromatic N) is 2. The summed E-state index contributed by atoms with van der Waals surface area (Å²) < 4.78 is 22.0. The third-order valence-corrected chi connectivity index (χ3v) is 6.44. The smallest absolute Gasteiger partial charge is 0.337 e. The first-order chi connectivity index (χ1) is 19.8. The minimum absolute atomic E-state index is 0.134. The van der Waals surface area contributed by atoms with Crippen LogP contribution in [0.4, 0.5) is 10.5 Å². The number of carbonyl (C=O) groups excluding carboxylic acids is 2. The van der Waals surface area contributed by atoms with E-state index in [4.69, 9.17) is 18.9 Å². The first-order valence-electron chi connectivity index (χ1n) is 13.4. The van der Waals surface area contributed by atoms with Crippen LogP contribution in [0.15, 0.2) is 52.8 Å². The van der Waals surface area contributed by atoms with Crippen LogP contribution in [0.1, 0.15) is 44.9 Å². The summed E-state index contributed by atoms with van der Waals surface area (Å²) in [6.45, 7) is 9.62. The largest absolute Gasteiger partial charge is 0.496 e. The van der Waals surface area contributed by atoms with Gasteiger partial charge in [-0.25, -0.2) is 9.59 Å². The minimum atomic E-state index is -1.12. The van der Waals surface area contributed by atoms with Crippen molar-refractivity contribution in [3.05, 3.63) is 58.8 Å². The van der Waals surface area contributed by atoms with Crippen LogP contribution in [0.25, 0.3) is 0 Å². The van der Waals surface area contributed by atoms with Gasteiger partial charge in [0.2, 0.25) is 0 Å². The lowest BCUT2D eigenvalue weighted by Crippen LogP contribution is -2.45. The molecule has 1 aliphatic rings. The number of hydrazone groups is 1. The third kappa shape index (κ3) is 7.82. The maximum atomic E-state index is 12.4. The lowest BCUT2D eigenvalue weighted by atomic mass is 9.95. The van der Waals surface area contributed by atoms with E-state index < -0.39 is 24.3 Å². The zero-order valence-electron chi connectivity index (χ0n) is 24.3. The molecule has 12 heteroatoms. The molecule has 0 saturated heterocycles. The van der Waals surface area contributed by atoms with E-state index in [1.165, 1.54) is 7.11 Å². The van der Waals surface area contributed by atoms with Crippen LogP contribution in [0.5, 0.6) is 17.2 Å². The summed E-state index contributed by atoms with van der Waals surface area (Å²) in [7, 11) is 2.88. The number of carbonyl (C=O) groups is 2. The molecule has 4 N–H and O–H groups in total. The average Bonchev–Trinajstić information content (AvgIpc) is 2.97. The van der Waals surface area contributed by atoms with Crippen molar-refractivity contribution in [1.82, 2.24) is 16.1 Å². The molecular weight excluding hydrogens is 530 g/mol. The van der Waals surface area contributed by atoms with Crippen molar-refractivity contribution in [2.45, 2.75) is 40.0 Å². The summed E-state index contributed by atoms with van der Waals surface area (Å²) in [6.07, 6.45) is 0.442. The number of anilines is 1. The Kier molecular flexibility index (Phi) is 11.2. The molecule has 0 saturated carbocycles. The Hall–Kier alpha value is -4.45. The number of aliphatic hydroxyl groups is 1. The molecule has 2 atom stereocenters. The number of benzene rings is 2. The second-order valence-corrected chi connectivity index (χ2v) is 9.01. The van der Waals surface area contributed by atoms with Gasteiger partial charge in [-0.3, -0.25) is 5.43 Å². The van der Waals surface area contributed by atoms with Crippen molar-refractivity contribution in [3.8, 4) is 17.2 Å². The normalized spacial score (nSPS) is 15.6. The maximum absolute atomic E-state index is 12.4. The fourth-order valence-electron chi connectivity index (χ4n) is 4.41. The number of nitrogens with one attached hydrogen (secondary N) is 3. The van der Waals surface area contributed by atoms with E-state index in [0.717, 1.165) is 24.3 Å². The zero-order chi connectivity index (χ0) is 29.9. The maximum Gasteiger partial charge on any atom is 0.337 e. The van der Waals surface area contributed by atoms with Crippen LogP contribution in [0.2, 0.25) is 0 Å². The standard InChI is InChI=1S/C29H39N5O7/c1-7-34(8-2)21-12-10-20(23(15-21)38-5)16-30-33-25(35)17-41-22-13-11-19(14-24(22)40-9-3)27-26(28(36)39-6)18(4)31-29(37)32-27/h10-16,25,27,33,35H,7-9,17H2,1-6H3,(H2,31,32,37)/b30-16-/t25-,27+/m1/s1. The number of rotatable bonds is 14. The second-order valence-electron chi connectivity index (χ2n) is 9.01. The molecule has 1 heterocycles. The Labute approximate surface area is 240 Å². The predicted octanol–water partition coefficient (Wildman–Crippen LogP) is 3.06. The second kappa shape index (κ2) is 14.8. The first-order valence-corrected chi connectivity index (χ1v) is 13.4.